The van der Waals surface area contributed by atoms with Gasteiger partial charge in [0.25, 0.3) is 6.43 Å². The molecule has 0 aliphatic carbocycles. The van der Waals surface area contributed by atoms with Crippen molar-refractivity contribution in [2.24, 2.45) is 0 Å². The van der Waals surface area contributed by atoms with Crippen LogP contribution in [-0.2, 0) is 4.74 Å². The summed E-state index contributed by atoms with van der Waals surface area (Å²) in [4.78, 5) is 14.6. The summed E-state index contributed by atoms with van der Waals surface area (Å²) >= 11 is 0. The van der Waals surface area contributed by atoms with Crippen LogP contribution < -0.4 is 0 Å². The molecule has 5 heteroatoms. The predicted octanol–water partition coefficient (Wildman–Crippen LogP) is 2.11. The molecule has 0 radical (unpaired) electrons. The van der Waals surface area contributed by atoms with Gasteiger partial charge < -0.3 is 4.74 Å². The number of esters is 1. The second-order valence-electron chi connectivity index (χ2n) is 2.68. The fraction of sp³-hybridized carbons (Fsp3) is 0.333. The van der Waals surface area contributed by atoms with Crippen molar-refractivity contribution in [3.8, 4) is 0 Å². The number of carbonyl (C=O) groups is 1. The van der Waals surface area contributed by atoms with Gasteiger partial charge in [-0.05, 0) is 18.6 Å². The molecule has 0 saturated carbocycles. The van der Waals surface area contributed by atoms with Gasteiger partial charge >= 0.3 is 5.97 Å². The molecule has 0 saturated heterocycles. The number of nitrogens with zero attached hydrogens (tertiary/aromatic N) is 1. The first kappa shape index (κ1) is 10.6. The summed E-state index contributed by atoms with van der Waals surface area (Å²) in [6.07, 6.45) is -1.43. The van der Waals surface area contributed by atoms with Crippen LogP contribution in [0.5, 0.6) is 0 Å². The third-order valence-electron chi connectivity index (χ3n) is 1.81. The standard InChI is InChI=1S/C9H9F2NO2/c1-5-3-4-12-7(9(13)14-2)6(5)8(10)11/h3-4,8H,1-2H3. The average molecular weight is 201 g/mol. The molecule has 0 aromatic carbocycles. The van der Waals surface area contributed by atoms with Gasteiger partial charge in [-0.25, -0.2) is 18.6 Å². The fourth-order valence-corrected chi connectivity index (χ4v) is 1.10. The third kappa shape index (κ3) is 1.86. The van der Waals surface area contributed by atoms with Crippen molar-refractivity contribution in [1.82, 2.24) is 4.98 Å². The minimum atomic E-state index is -2.72. The zero-order valence-corrected chi connectivity index (χ0v) is 7.75. The number of carbonyl (C=O) groups excluding carboxylic acids is 1. The Balaban J connectivity index is 3.28. The molecule has 14 heavy (non-hydrogen) atoms. The first-order chi connectivity index (χ1) is 6.57. The molecular weight excluding hydrogens is 192 g/mol. The third-order valence-corrected chi connectivity index (χ3v) is 1.81. The van der Waals surface area contributed by atoms with E-state index in [-0.39, 0.29) is 11.3 Å². The lowest BCUT2D eigenvalue weighted by atomic mass is 10.1. The second-order valence-corrected chi connectivity index (χ2v) is 2.68. The minimum Gasteiger partial charge on any atom is -0.464 e. The Morgan fingerprint density at radius 2 is 2.21 bits per heavy atom. The molecule has 0 atom stereocenters. The Hall–Kier alpha value is -1.52. The van der Waals surface area contributed by atoms with E-state index in [2.05, 4.69) is 9.72 Å². The van der Waals surface area contributed by atoms with Gasteiger partial charge in [0, 0.05) is 6.20 Å². The summed E-state index contributed by atoms with van der Waals surface area (Å²) < 4.78 is 29.4. The van der Waals surface area contributed by atoms with Crippen LogP contribution in [0.1, 0.15) is 28.0 Å². The first-order valence-electron chi connectivity index (χ1n) is 3.90. The number of hydrogen-bond donors (Lipinski definition) is 0. The molecule has 0 fully saturated rings. The monoisotopic (exact) mass is 201 g/mol. The van der Waals surface area contributed by atoms with Crippen LogP contribution in [0.25, 0.3) is 0 Å². The fourth-order valence-electron chi connectivity index (χ4n) is 1.10. The smallest absolute Gasteiger partial charge is 0.357 e. The molecule has 0 aliphatic rings. The number of ether oxygens (including phenoxy) is 1. The quantitative estimate of drug-likeness (QED) is 0.688. The molecule has 3 nitrogen and oxygen atoms in total. The van der Waals surface area contributed by atoms with Gasteiger partial charge in [0.1, 0.15) is 0 Å². The molecule has 1 heterocycles. The highest BCUT2D eigenvalue weighted by Gasteiger charge is 2.22. The van der Waals surface area contributed by atoms with Crippen LogP contribution in [0.2, 0.25) is 0 Å². The van der Waals surface area contributed by atoms with Crippen molar-refractivity contribution in [2.75, 3.05) is 7.11 Å². The second kappa shape index (κ2) is 4.13. The molecule has 1 aromatic rings. The molecule has 1 aromatic heterocycles. The molecule has 76 valence electrons. The van der Waals surface area contributed by atoms with Crippen molar-refractivity contribution in [1.29, 1.82) is 0 Å². The molecule has 0 aliphatic heterocycles. The predicted molar refractivity (Wildman–Crippen MR) is 45.3 cm³/mol. The lowest BCUT2D eigenvalue weighted by Gasteiger charge is -2.08. The highest BCUT2D eigenvalue weighted by atomic mass is 19.3. The Bertz CT molecular complexity index is 353. The molecule has 0 amide bonds. The number of aromatic nitrogens is 1. The van der Waals surface area contributed by atoms with Crippen molar-refractivity contribution in [3.63, 3.8) is 0 Å². The number of aryl methyl sites for hydroxylation is 1. The molecule has 0 spiro atoms. The summed E-state index contributed by atoms with van der Waals surface area (Å²) in [6.45, 7) is 1.50. The van der Waals surface area contributed by atoms with Crippen LogP contribution >= 0.6 is 0 Å². The summed E-state index contributed by atoms with van der Waals surface area (Å²) in [7, 11) is 1.13. The zero-order chi connectivity index (χ0) is 10.7. The van der Waals surface area contributed by atoms with Crippen molar-refractivity contribution >= 4 is 5.97 Å². The van der Waals surface area contributed by atoms with Crippen molar-refractivity contribution < 1.29 is 18.3 Å². The van der Waals surface area contributed by atoms with E-state index in [1.165, 1.54) is 19.2 Å². The van der Waals surface area contributed by atoms with Crippen molar-refractivity contribution in [3.05, 3.63) is 29.1 Å². The highest BCUT2D eigenvalue weighted by molar-refractivity contribution is 5.89. The van der Waals surface area contributed by atoms with Gasteiger partial charge in [-0.2, -0.15) is 0 Å². The summed E-state index contributed by atoms with van der Waals surface area (Å²) in [5.41, 5.74) is -0.350. The molecule has 1 rings (SSSR count). The van der Waals surface area contributed by atoms with E-state index in [4.69, 9.17) is 0 Å². The van der Waals surface area contributed by atoms with E-state index in [1.807, 2.05) is 0 Å². The Kier molecular flexibility index (Phi) is 3.11. The normalized spacial score (nSPS) is 10.4. The maximum atomic E-state index is 12.5. The average Bonchev–Trinajstić information content (AvgIpc) is 2.15. The van der Waals surface area contributed by atoms with E-state index in [0.29, 0.717) is 5.56 Å². The van der Waals surface area contributed by atoms with E-state index in [9.17, 15) is 13.6 Å². The minimum absolute atomic E-state index is 0.317. The van der Waals surface area contributed by atoms with E-state index >= 15 is 0 Å². The molecule has 0 bridgehead atoms. The lowest BCUT2D eigenvalue weighted by Crippen LogP contribution is -2.10. The number of hydrogen-bond acceptors (Lipinski definition) is 3. The maximum absolute atomic E-state index is 12.5. The van der Waals surface area contributed by atoms with E-state index in [1.54, 1.807) is 0 Å². The number of methoxy groups -OCH3 is 1. The van der Waals surface area contributed by atoms with Crippen LogP contribution in [-0.4, -0.2) is 18.1 Å². The van der Waals surface area contributed by atoms with Gasteiger partial charge in [-0.3, -0.25) is 0 Å². The maximum Gasteiger partial charge on any atom is 0.357 e. The largest absolute Gasteiger partial charge is 0.464 e. The summed E-state index contributed by atoms with van der Waals surface area (Å²) in [6, 6.07) is 1.42. The van der Waals surface area contributed by atoms with Crippen LogP contribution in [0, 0.1) is 6.92 Å². The zero-order valence-electron chi connectivity index (χ0n) is 7.75. The molecular formula is C9H9F2NO2. The highest BCUT2D eigenvalue weighted by Crippen LogP contribution is 2.25. The van der Waals surface area contributed by atoms with Crippen LogP contribution in [0.3, 0.4) is 0 Å². The Labute approximate surface area is 79.7 Å². The summed E-state index contributed by atoms with van der Waals surface area (Å²) in [5, 5.41) is 0. The molecule has 0 N–H and O–H groups in total. The van der Waals surface area contributed by atoms with Gasteiger partial charge in [0.15, 0.2) is 5.69 Å². The van der Waals surface area contributed by atoms with Crippen molar-refractivity contribution in [2.45, 2.75) is 13.3 Å². The van der Waals surface area contributed by atoms with Gasteiger partial charge in [0.2, 0.25) is 0 Å². The molecule has 0 unspecified atom stereocenters. The van der Waals surface area contributed by atoms with Gasteiger partial charge in [0.05, 0.1) is 12.7 Å². The number of alkyl halides is 2. The Morgan fingerprint density at radius 1 is 1.57 bits per heavy atom. The topological polar surface area (TPSA) is 39.2 Å². The number of halogens is 2. The van der Waals surface area contributed by atoms with Crippen LogP contribution in [0.15, 0.2) is 12.3 Å². The Morgan fingerprint density at radius 3 is 2.71 bits per heavy atom. The SMILES string of the molecule is COC(=O)c1nccc(C)c1C(F)F. The van der Waals surface area contributed by atoms with Crippen LogP contribution in [0.4, 0.5) is 8.78 Å². The number of rotatable bonds is 2. The van der Waals surface area contributed by atoms with Gasteiger partial charge in [-0.1, -0.05) is 0 Å². The van der Waals surface area contributed by atoms with E-state index in [0.717, 1.165) is 7.11 Å². The lowest BCUT2D eigenvalue weighted by molar-refractivity contribution is 0.0581. The summed E-state index contributed by atoms with van der Waals surface area (Å²) in [5.74, 6) is -0.844. The number of pyridine rings is 1. The first-order valence-corrected chi connectivity index (χ1v) is 3.90. The van der Waals surface area contributed by atoms with E-state index < -0.39 is 12.4 Å². The van der Waals surface area contributed by atoms with Gasteiger partial charge in [-0.15, -0.1) is 0 Å².